The normalized spacial score (nSPS) is 42.8. The van der Waals surface area contributed by atoms with E-state index >= 15 is 0 Å². The molecule has 1 aromatic heterocycles. The van der Waals surface area contributed by atoms with Crippen molar-refractivity contribution in [1.29, 1.82) is 0 Å². The molecule has 0 amide bonds. The summed E-state index contributed by atoms with van der Waals surface area (Å²) in [4.78, 5) is 1.24. The van der Waals surface area contributed by atoms with E-state index in [1.54, 1.807) is 11.3 Å². The van der Waals surface area contributed by atoms with Crippen LogP contribution in [-0.4, -0.2) is 30.1 Å². The van der Waals surface area contributed by atoms with E-state index in [1.807, 2.05) is 11.4 Å². The van der Waals surface area contributed by atoms with Crippen LogP contribution in [0.25, 0.3) is 0 Å². The van der Waals surface area contributed by atoms with E-state index in [2.05, 4.69) is 11.4 Å². The first-order valence-electron chi connectivity index (χ1n) is 4.46. The van der Waals surface area contributed by atoms with E-state index in [1.165, 1.54) is 4.88 Å². The first kappa shape index (κ1) is 7.94. The number of aliphatic hydroxyl groups excluding tert-OH is 1. The number of hydrogen-bond acceptors (Lipinski definition) is 4. The monoisotopic (exact) mass is 197 g/mol. The molecule has 0 spiro atoms. The highest BCUT2D eigenvalue weighted by molar-refractivity contribution is 7.10. The average Bonchev–Trinajstić information content (AvgIpc) is 2.69. The molecule has 0 aromatic carbocycles. The number of aliphatic hydroxyl groups is 1. The van der Waals surface area contributed by atoms with Crippen molar-refractivity contribution >= 4 is 11.3 Å². The molecule has 0 saturated carbocycles. The highest BCUT2D eigenvalue weighted by Crippen LogP contribution is 2.41. The molecule has 0 bridgehead atoms. The summed E-state index contributed by atoms with van der Waals surface area (Å²) >= 11 is 1.70. The van der Waals surface area contributed by atoms with Crippen LogP contribution in [0.3, 0.4) is 0 Å². The Morgan fingerprint density at radius 1 is 1.62 bits per heavy atom. The minimum atomic E-state index is -0.303. The second-order valence-corrected chi connectivity index (χ2v) is 4.52. The summed E-state index contributed by atoms with van der Waals surface area (Å²) in [5.74, 6) is 0.186. The highest BCUT2D eigenvalue weighted by atomic mass is 32.1. The Morgan fingerprint density at radius 2 is 2.54 bits per heavy atom. The first-order valence-corrected chi connectivity index (χ1v) is 5.34. The van der Waals surface area contributed by atoms with E-state index in [9.17, 15) is 5.11 Å². The Balaban J connectivity index is 1.89. The van der Waals surface area contributed by atoms with Crippen LogP contribution in [0.4, 0.5) is 0 Å². The molecule has 1 aromatic rings. The third-order valence-electron chi connectivity index (χ3n) is 2.69. The summed E-state index contributed by atoms with van der Waals surface area (Å²) in [6.45, 7) is 0.643. The quantitative estimate of drug-likeness (QED) is 0.645. The van der Waals surface area contributed by atoms with Gasteiger partial charge in [-0.15, -0.1) is 11.3 Å². The lowest BCUT2D eigenvalue weighted by Crippen LogP contribution is -2.42. The fourth-order valence-electron chi connectivity index (χ4n) is 1.98. The maximum Gasteiger partial charge on any atom is 0.136 e. The van der Waals surface area contributed by atoms with Crippen LogP contribution in [0.1, 0.15) is 10.8 Å². The third-order valence-corrected chi connectivity index (χ3v) is 3.67. The molecule has 2 saturated heterocycles. The molecule has 4 heteroatoms. The van der Waals surface area contributed by atoms with E-state index in [0.717, 1.165) is 0 Å². The minimum Gasteiger partial charge on any atom is -0.391 e. The molecule has 3 nitrogen and oxygen atoms in total. The van der Waals surface area contributed by atoms with Crippen LogP contribution in [0, 0.1) is 0 Å². The number of epoxide rings is 1. The molecule has 0 radical (unpaired) electrons. The summed E-state index contributed by atoms with van der Waals surface area (Å²) in [7, 11) is 0. The minimum absolute atomic E-state index is 0.186. The average molecular weight is 197 g/mol. The molecular formula is C9H11NO2S. The molecule has 4 atom stereocenters. The second kappa shape index (κ2) is 2.78. The van der Waals surface area contributed by atoms with Crippen molar-refractivity contribution in [1.82, 2.24) is 5.32 Å². The van der Waals surface area contributed by atoms with Gasteiger partial charge in [0.2, 0.25) is 0 Å². The molecule has 3 rings (SSSR count). The van der Waals surface area contributed by atoms with Gasteiger partial charge < -0.3 is 9.84 Å². The molecule has 3 heterocycles. The predicted molar refractivity (Wildman–Crippen MR) is 49.7 cm³/mol. The molecule has 2 aliphatic heterocycles. The molecule has 2 fully saturated rings. The zero-order valence-electron chi connectivity index (χ0n) is 7.01. The Morgan fingerprint density at radius 3 is 3.31 bits per heavy atom. The smallest absolute Gasteiger partial charge is 0.136 e. The van der Waals surface area contributed by atoms with E-state index in [0.29, 0.717) is 6.54 Å². The van der Waals surface area contributed by atoms with Crippen LogP contribution >= 0.6 is 11.3 Å². The van der Waals surface area contributed by atoms with Gasteiger partial charge in [-0.05, 0) is 11.4 Å². The number of piperidine rings is 1. The molecule has 2 aliphatic rings. The fraction of sp³-hybridized carbons (Fsp3) is 0.556. The van der Waals surface area contributed by atoms with Gasteiger partial charge in [-0.2, -0.15) is 0 Å². The standard InChI is InChI=1S/C9H11NO2S/c11-5-4-10-9-8(12-9)7(5)6-2-1-3-13-6/h1-3,5,7-11H,4H2. The largest absolute Gasteiger partial charge is 0.391 e. The van der Waals surface area contributed by atoms with E-state index < -0.39 is 0 Å². The number of rotatable bonds is 1. The number of nitrogens with one attached hydrogen (secondary N) is 1. The van der Waals surface area contributed by atoms with Crippen LogP contribution in [0.5, 0.6) is 0 Å². The number of thiophene rings is 1. The van der Waals surface area contributed by atoms with Gasteiger partial charge in [-0.25, -0.2) is 0 Å². The summed E-state index contributed by atoms with van der Waals surface area (Å²) < 4.78 is 5.42. The van der Waals surface area contributed by atoms with Gasteiger partial charge >= 0.3 is 0 Å². The lowest BCUT2D eigenvalue weighted by Gasteiger charge is -2.23. The zero-order valence-corrected chi connectivity index (χ0v) is 7.83. The highest BCUT2D eigenvalue weighted by Gasteiger charge is 2.52. The van der Waals surface area contributed by atoms with Crippen LogP contribution < -0.4 is 5.32 Å². The zero-order chi connectivity index (χ0) is 8.84. The van der Waals surface area contributed by atoms with Crippen molar-refractivity contribution in [3.63, 3.8) is 0 Å². The van der Waals surface area contributed by atoms with Crippen molar-refractivity contribution in [2.75, 3.05) is 6.54 Å². The van der Waals surface area contributed by atoms with Crippen LogP contribution in [-0.2, 0) is 4.74 Å². The summed E-state index contributed by atoms with van der Waals surface area (Å²) in [6.07, 6.45) is 0.0836. The summed E-state index contributed by atoms with van der Waals surface area (Å²) in [5.41, 5.74) is 0. The van der Waals surface area contributed by atoms with Gasteiger partial charge in [0.1, 0.15) is 12.3 Å². The van der Waals surface area contributed by atoms with Crippen molar-refractivity contribution in [3.05, 3.63) is 22.4 Å². The Kier molecular flexibility index (Phi) is 1.70. The molecule has 13 heavy (non-hydrogen) atoms. The first-order chi connectivity index (χ1) is 6.36. The number of hydrogen-bond donors (Lipinski definition) is 2. The molecule has 0 aliphatic carbocycles. The molecule has 70 valence electrons. The van der Waals surface area contributed by atoms with Crippen LogP contribution in [0.15, 0.2) is 17.5 Å². The Labute approximate surface area is 80.3 Å². The van der Waals surface area contributed by atoms with Gasteiger partial charge in [-0.3, -0.25) is 5.32 Å². The summed E-state index contributed by atoms with van der Waals surface area (Å²) in [6, 6.07) is 4.09. The van der Waals surface area contributed by atoms with Gasteiger partial charge in [0.05, 0.1) is 12.0 Å². The molecule has 2 N–H and O–H groups in total. The van der Waals surface area contributed by atoms with Crippen LogP contribution in [0.2, 0.25) is 0 Å². The Bertz CT molecular complexity index is 299. The second-order valence-electron chi connectivity index (χ2n) is 3.54. The van der Waals surface area contributed by atoms with Gasteiger partial charge in [-0.1, -0.05) is 6.07 Å². The lowest BCUT2D eigenvalue weighted by molar-refractivity contribution is 0.124. The van der Waals surface area contributed by atoms with Gasteiger partial charge in [0, 0.05) is 11.4 Å². The SMILES string of the molecule is OC1CNC2OC2C1c1cccs1. The summed E-state index contributed by atoms with van der Waals surface area (Å²) in [5, 5.41) is 15.0. The number of ether oxygens (including phenoxy) is 1. The maximum atomic E-state index is 9.80. The van der Waals surface area contributed by atoms with Crippen molar-refractivity contribution in [3.8, 4) is 0 Å². The van der Waals surface area contributed by atoms with Crippen molar-refractivity contribution in [2.24, 2.45) is 0 Å². The van der Waals surface area contributed by atoms with Crippen molar-refractivity contribution < 1.29 is 9.84 Å². The van der Waals surface area contributed by atoms with E-state index in [-0.39, 0.29) is 24.4 Å². The predicted octanol–water partition coefficient (Wildman–Crippen LogP) is 0.521. The fourth-order valence-corrected chi connectivity index (χ4v) is 2.90. The maximum absolute atomic E-state index is 9.80. The van der Waals surface area contributed by atoms with Gasteiger partial charge in [0.15, 0.2) is 0 Å². The van der Waals surface area contributed by atoms with E-state index in [4.69, 9.17) is 4.74 Å². The topological polar surface area (TPSA) is 44.8 Å². The number of β-amino-alcohol motifs (C(OH)–C–C–N with tert-alkyl or cyclic N) is 1. The lowest BCUT2D eigenvalue weighted by atomic mass is 9.93. The molecule has 4 unspecified atom stereocenters. The number of fused-ring (bicyclic) bond motifs is 1. The molecular weight excluding hydrogens is 186 g/mol. The van der Waals surface area contributed by atoms with Gasteiger partial charge in [0.25, 0.3) is 0 Å². The third kappa shape index (κ3) is 1.21. The Hall–Kier alpha value is -0.420. The van der Waals surface area contributed by atoms with Crippen molar-refractivity contribution in [2.45, 2.75) is 24.4 Å².